The Morgan fingerprint density at radius 2 is 2.12 bits per heavy atom. The lowest BCUT2D eigenvalue weighted by Gasteiger charge is -2.02. The maximum atomic E-state index is 11.4. The summed E-state index contributed by atoms with van der Waals surface area (Å²) in [7, 11) is 0. The van der Waals surface area contributed by atoms with Gasteiger partial charge in [0, 0.05) is 0 Å². The van der Waals surface area contributed by atoms with Crippen LogP contribution in [0, 0.1) is 13.8 Å². The summed E-state index contributed by atoms with van der Waals surface area (Å²) in [6.07, 6.45) is -0.514. The van der Waals surface area contributed by atoms with Crippen LogP contribution in [0.15, 0.2) is 18.2 Å². The van der Waals surface area contributed by atoms with Crippen molar-refractivity contribution in [3.63, 3.8) is 0 Å². The Morgan fingerprint density at radius 1 is 1.38 bits per heavy atom. The number of ether oxygens (including phenoxy) is 2. The summed E-state index contributed by atoms with van der Waals surface area (Å²) in [5.41, 5.74) is 3.52. The van der Waals surface area contributed by atoms with Crippen LogP contribution < -0.4 is 0 Å². The first kappa shape index (κ1) is 11.1. The Bertz CT molecular complexity index is 412. The lowest BCUT2D eigenvalue weighted by molar-refractivity contribution is -0.144. The number of benzene rings is 1. The Labute approximate surface area is 95.4 Å². The van der Waals surface area contributed by atoms with Crippen molar-refractivity contribution in [1.82, 2.24) is 0 Å². The second-order valence-corrected chi connectivity index (χ2v) is 4.07. The SMILES string of the molecule is CCOC(=O)C1OC1c1ccc(C)c(C)c1. The van der Waals surface area contributed by atoms with Crippen molar-refractivity contribution in [3.05, 3.63) is 34.9 Å². The summed E-state index contributed by atoms with van der Waals surface area (Å²) < 4.78 is 10.2. The largest absolute Gasteiger partial charge is 0.464 e. The van der Waals surface area contributed by atoms with Crippen molar-refractivity contribution in [2.45, 2.75) is 33.0 Å². The molecule has 0 N–H and O–H groups in total. The van der Waals surface area contributed by atoms with Crippen molar-refractivity contribution >= 4 is 5.97 Å². The predicted octanol–water partition coefficient (Wildman–Crippen LogP) is 2.31. The molecule has 0 spiro atoms. The van der Waals surface area contributed by atoms with Crippen molar-refractivity contribution in [3.8, 4) is 0 Å². The smallest absolute Gasteiger partial charge is 0.338 e. The summed E-state index contributed by atoms with van der Waals surface area (Å²) in [5.74, 6) is -0.259. The molecule has 1 heterocycles. The highest BCUT2D eigenvalue weighted by molar-refractivity contribution is 5.78. The molecule has 0 bridgehead atoms. The van der Waals surface area contributed by atoms with Gasteiger partial charge < -0.3 is 9.47 Å². The molecule has 0 amide bonds. The minimum Gasteiger partial charge on any atom is -0.464 e. The number of rotatable bonds is 3. The number of carbonyl (C=O) groups is 1. The van der Waals surface area contributed by atoms with E-state index in [1.807, 2.05) is 6.07 Å². The van der Waals surface area contributed by atoms with E-state index in [0.717, 1.165) is 5.56 Å². The van der Waals surface area contributed by atoms with Gasteiger partial charge in [-0.05, 0) is 37.5 Å². The Kier molecular flexibility index (Phi) is 2.97. The first-order valence-electron chi connectivity index (χ1n) is 5.52. The van der Waals surface area contributed by atoms with Crippen LogP contribution in [0.25, 0.3) is 0 Å². The molecule has 0 aromatic heterocycles. The maximum Gasteiger partial charge on any atom is 0.338 e. The summed E-state index contributed by atoms with van der Waals surface area (Å²) in [6, 6.07) is 6.13. The third kappa shape index (κ3) is 2.09. The topological polar surface area (TPSA) is 38.8 Å². The van der Waals surface area contributed by atoms with E-state index in [2.05, 4.69) is 26.0 Å². The molecule has 3 heteroatoms. The van der Waals surface area contributed by atoms with Gasteiger partial charge >= 0.3 is 5.97 Å². The molecule has 0 radical (unpaired) electrons. The summed E-state index contributed by atoms with van der Waals surface area (Å²) in [4.78, 5) is 11.4. The molecule has 2 rings (SSSR count). The molecule has 1 fully saturated rings. The Morgan fingerprint density at radius 3 is 2.75 bits per heavy atom. The molecule has 3 nitrogen and oxygen atoms in total. The minimum atomic E-state index is -0.401. The van der Waals surface area contributed by atoms with Gasteiger partial charge in [0.15, 0.2) is 6.10 Å². The lowest BCUT2D eigenvalue weighted by atomic mass is 10.0. The normalized spacial score (nSPS) is 22.9. The first-order valence-corrected chi connectivity index (χ1v) is 5.52. The van der Waals surface area contributed by atoms with Crippen LogP contribution in [0.2, 0.25) is 0 Å². The van der Waals surface area contributed by atoms with E-state index >= 15 is 0 Å². The molecule has 1 saturated heterocycles. The van der Waals surface area contributed by atoms with Gasteiger partial charge in [0.25, 0.3) is 0 Å². The van der Waals surface area contributed by atoms with Crippen molar-refractivity contribution < 1.29 is 14.3 Å². The second kappa shape index (κ2) is 4.26. The van der Waals surface area contributed by atoms with Gasteiger partial charge in [0.05, 0.1) is 6.61 Å². The molecule has 1 aromatic rings. The fourth-order valence-electron chi connectivity index (χ4n) is 1.71. The minimum absolute atomic E-state index is 0.113. The van der Waals surface area contributed by atoms with Gasteiger partial charge in [-0.25, -0.2) is 4.79 Å². The molecule has 2 atom stereocenters. The van der Waals surface area contributed by atoms with Gasteiger partial charge in [0.1, 0.15) is 6.10 Å². The highest BCUT2D eigenvalue weighted by atomic mass is 16.6. The fraction of sp³-hybridized carbons (Fsp3) is 0.462. The third-order valence-electron chi connectivity index (χ3n) is 2.87. The quantitative estimate of drug-likeness (QED) is 0.579. The molecule has 0 saturated carbocycles. The molecular formula is C13H16O3. The van der Waals surface area contributed by atoms with Crippen LogP contribution in [-0.2, 0) is 14.3 Å². The molecule has 1 aliphatic rings. The maximum absolute atomic E-state index is 11.4. The van der Waals surface area contributed by atoms with Gasteiger partial charge in [0.2, 0.25) is 0 Å². The number of epoxide rings is 1. The predicted molar refractivity (Wildman–Crippen MR) is 60.2 cm³/mol. The number of hydrogen-bond donors (Lipinski definition) is 0. The third-order valence-corrected chi connectivity index (χ3v) is 2.87. The number of esters is 1. The average Bonchev–Trinajstić information content (AvgIpc) is 3.02. The van der Waals surface area contributed by atoms with E-state index in [1.165, 1.54) is 11.1 Å². The number of carbonyl (C=O) groups excluding carboxylic acids is 1. The van der Waals surface area contributed by atoms with Gasteiger partial charge in [-0.2, -0.15) is 0 Å². The highest BCUT2D eigenvalue weighted by Gasteiger charge is 2.47. The zero-order valence-electron chi connectivity index (χ0n) is 9.82. The molecule has 2 unspecified atom stereocenters. The van der Waals surface area contributed by atoms with Crippen LogP contribution in [0.5, 0.6) is 0 Å². The zero-order chi connectivity index (χ0) is 11.7. The van der Waals surface area contributed by atoms with E-state index in [9.17, 15) is 4.79 Å². The van der Waals surface area contributed by atoms with Crippen LogP contribution >= 0.6 is 0 Å². The van der Waals surface area contributed by atoms with Gasteiger partial charge in [-0.1, -0.05) is 18.2 Å². The van der Waals surface area contributed by atoms with Crippen LogP contribution in [-0.4, -0.2) is 18.7 Å². The Hall–Kier alpha value is -1.35. The van der Waals surface area contributed by atoms with Gasteiger partial charge in [-0.3, -0.25) is 0 Å². The highest BCUT2D eigenvalue weighted by Crippen LogP contribution is 2.39. The van der Waals surface area contributed by atoms with Crippen molar-refractivity contribution in [2.75, 3.05) is 6.61 Å². The average molecular weight is 220 g/mol. The molecule has 1 aromatic carbocycles. The van der Waals surface area contributed by atoms with E-state index in [4.69, 9.17) is 9.47 Å². The number of hydrogen-bond acceptors (Lipinski definition) is 3. The molecule has 86 valence electrons. The first-order chi connectivity index (χ1) is 7.63. The summed E-state index contributed by atoms with van der Waals surface area (Å²) in [5, 5.41) is 0. The van der Waals surface area contributed by atoms with Crippen LogP contribution in [0.4, 0.5) is 0 Å². The summed E-state index contributed by atoms with van der Waals surface area (Å²) in [6.45, 7) is 6.32. The number of aryl methyl sites for hydroxylation is 2. The van der Waals surface area contributed by atoms with E-state index in [1.54, 1.807) is 6.92 Å². The van der Waals surface area contributed by atoms with Crippen molar-refractivity contribution in [1.29, 1.82) is 0 Å². The fourth-order valence-corrected chi connectivity index (χ4v) is 1.71. The van der Waals surface area contributed by atoms with Crippen molar-refractivity contribution in [2.24, 2.45) is 0 Å². The van der Waals surface area contributed by atoms with E-state index in [0.29, 0.717) is 6.61 Å². The van der Waals surface area contributed by atoms with Gasteiger partial charge in [-0.15, -0.1) is 0 Å². The lowest BCUT2D eigenvalue weighted by Crippen LogP contribution is -2.11. The van der Waals surface area contributed by atoms with Crippen LogP contribution in [0.3, 0.4) is 0 Å². The molecule has 0 aliphatic carbocycles. The summed E-state index contributed by atoms with van der Waals surface area (Å²) >= 11 is 0. The molecular weight excluding hydrogens is 204 g/mol. The Balaban J connectivity index is 2.06. The standard InChI is InChI=1S/C13H16O3/c1-4-15-13(14)12-11(16-12)10-6-5-8(2)9(3)7-10/h5-7,11-12H,4H2,1-3H3. The monoisotopic (exact) mass is 220 g/mol. The second-order valence-electron chi connectivity index (χ2n) is 4.07. The molecule has 1 aliphatic heterocycles. The van der Waals surface area contributed by atoms with Crippen LogP contribution in [0.1, 0.15) is 29.7 Å². The molecule has 16 heavy (non-hydrogen) atoms. The van der Waals surface area contributed by atoms with E-state index in [-0.39, 0.29) is 12.1 Å². The van der Waals surface area contributed by atoms with E-state index < -0.39 is 6.10 Å². The zero-order valence-corrected chi connectivity index (χ0v) is 9.82.